The number of carboxylic acid groups (broad SMARTS) is 1. The number of carbonyl (C=O) groups excluding carboxylic acids is 1. The van der Waals surface area contributed by atoms with Crippen LogP contribution in [0.2, 0.25) is 0 Å². The number of hydrogen-bond acceptors (Lipinski definition) is 4. The summed E-state index contributed by atoms with van der Waals surface area (Å²) in [4.78, 5) is 22.2. The summed E-state index contributed by atoms with van der Waals surface area (Å²) in [6.45, 7) is 2.20. The smallest absolute Gasteiger partial charge is 0.328 e. The van der Waals surface area contributed by atoms with Crippen LogP contribution in [0.1, 0.15) is 13.3 Å². The summed E-state index contributed by atoms with van der Waals surface area (Å²) in [5, 5.41) is 13.7. The Bertz CT molecular complexity index is 247. The van der Waals surface area contributed by atoms with Crippen LogP contribution >= 0.6 is 0 Å². The topological polar surface area (TPSA) is 96.9 Å². The van der Waals surface area contributed by atoms with Gasteiger partial charge in [-0.1, -0.05) is 6.92 Å². The molecule has 0 aliphatic heterocycles. The molecule has 0 aromatic heterocycles. The van der Waals surface area contributed by atoms with E-state index in [0.717, 1.165) is 0 Å². The van der Waals surface area contributed by atoms with E-state index in [1.54, 1.807) is 0 Å². The number of methoxy groups -OCH3 is 2. The van der Waals surface area contributed by atoms with Gasteiger partial charge in [0.1, 0.15) is 0 Å². The highest BCUT2D eigenvalue weighted by molar-refractivity contribution is 5.82. The van der Waals surface area contributed by atoms with E-state index in [1.807, 2.05) is 6.92 Å². The Morgan fingerprint density at radius 1 is 1.18 bits per heavy atom. The largest absolute Gasteiger partial charge is 0.480 e. The molecule has 2 amide bonds. The molecule has 17 heavy (non-hydrogen) atoms. The predicted octanol–water partition coefficient (Wildman–Crippen LogP) is -0.190. The van der Waals surface area contributed by atoms with Crippen molar-refractivity contribution in [1.29, 1.82) is 0 Å². The Kier molecular flexibility index (Phi) is 8.08. The van der Waals surface area contributed by atoms with Gasteiger partial charge in [-0.15, -0.1) is 0 Å². The molecule has 7 heteroatoms. The van der Waals surface area contributed by atoms with E-state index in [0.29, 0.717) is 13.0 Å². The molecule has 0 bridgehead atoms. The molecule has 3 N–H and O–H groups in total. The molecule has 0 aromatic rings. The molecule has 0 aromatic carbocycles. The van der Waals surface area contributed by atoms with Gasteiger partial charge in [-0.25, -0.2) is 9.59 Å². The van der Waals surface area contributed by atoms with Gasteiger partial charge in [0.25, 0.3) is 0 Å². The Morgan fingerprint density at radius 3 is 2.18 bits per heavy atom. The van der Waals surface area contributed by atoms with Crippen molar-refractivity contribution in [2.45, 2.75) is 25.4 Å². The SMILES string of the molecule is CCC(COC)NC(=O)NC(COC)C(=O)O. The van der Waals surface area contributed by atoms with Crippen LogP contribution in [0, 0.1) is 0 Å². The van der Waals surface area contributed by atoms with Crippen LogP contribution in [0.25, 0.3) is 0 Å². The highest BCUT2D eigenvalue weighted by Crippen LogP contribution is 1.92. The lowest BCUT2D eigenvalue weighted by Crippen LogP contribution is -2.51. The fraction of sp³-hybridized carbons (Fsp3) is 0.800. The molecule has 0 radical (unpaired) electrons. The summed E-state index contributed by atoms with van der Waals surface area (Å²) >= 11 is 0. The quantitative estimate of drug-likeness (QED) is 0.553. The third kappa shape index (κ3) is 6.75. The highest BCUT2D eigenvalue weighted by atomic mass is 16.5. The maximum atomic E-state index is 11.5. The second-order valence-corrected chi connectivity index (χ2v) is 3.52. The molecule has 7 nitrogen and oxygen atoms in total. The van der Waals surface area contributed by atoms with Crippen molar-refractivity contribution in [3.05, 3.63) is 0 Å². The molecule has 0 saturated carbocycles. The average Bonchev–Trinajstić information content (AvgIpc) is 2.27. The minimum absolute atomic E-state index is 0.0795. The van der Waals surface area contributed by atoms with Gasteiger partial charge in [0.15, 0.2) is 6.04 Å². The zero-order valence-corrected chi connectivity index (χ0v) is 10.4. The third-order valence-corrected chi connectivity index (χ3v) is 2.13. The summed E-state index contributed by atoms with van der Waals surface area (Å²) in [6.07, 6.45) is 0.698. The number of ether oxygens (including phenoxy) is 2. The van der Waals surface area contributed by atoms with Crippen molar-refractivity contribution < 1.29 is 24.2 Å². The number of rotatable bonds is 8. The summed E-state index contributed by atoms with van der Waals surface area (Å²) < 4.78 is 9.61. The summed E-state index contributed by atoms with van der Waals surface area (Å²) in [5.41, 5.74) is 0. The van der Waals surface area contributed by atoms with Gasteiger partial charge in [0.05, 0.1) is 19.3 Å². The first-order chi connectivity index (χ1) is 8.04. The Balaban J connectivity index is 4.16. The molecule has 0 aliphatic carbocycles. The zero-order valence-electron chi connectivity index (χ0n) is 10.4. The molecule has 2 unspecified atom stereocenters. The minimum atomic E-state index is -1.14. The Morgan fingerprint density at radius 2 is 1.76 bits per heavy atom. The fourth-order valence-electron chi connectivity index (χ4n) is 1.19. The minimum Gasteiger partial charge on any atom is -0.480 e. The van der Waals surface area contributed by atoms with E-state index in [1.165, 1.54) is 14.2 Å². The van der Waals surface area contributed by atoms with Crippen molar-refractivity contribution in [3.63, 3.8) is 0 Å². The number of carbonyl (C=O) groups is 2. The number of hydrogen-bond donors (Lipinski definition) is 3. The molecule has 2 atom stereocenters. The van der Waals surface area contributed by atoms with Crippen LogP contribution in [0.4, 0.5) is 4.79 Å². The van der Waals surface area contributed by atoms with E-state index in [-0.39, 0.29) is 12.6 Å². The standard InChI is InChI=1S/C10H20N2O5/c1-4-7(5-16-2)11-10(15)12-8(6-17-3)9(13)14/h7-8H,4-6H2,1-3H3,(H,13,14)(H2,11,12,15). The number of carboxylic acids is 1. The van der Waals surface area contributed by atoms with Gasteiger partial charge in [-0.2, -0.15) is 0 Å². The lowest BCUT2D eigenvalue weighted by Gasteiger charge is -2.19. The molecule has 0 spiro atoms. The Hall–Kier alpha value is -1.34. The highest BCUT2D eigenvalue weighted by Gasteiger charge is 2.20. The van der Waals surface area contributed by atoms with E-state index in [4.69, 9.17) is 14.6 Å². The van der Waals surface area contributed by atoms with Crippen LogP contribution in [-0.2, 0) is 14.3 Å². The lowest BCUT2D eigenvalue weighted by molar-refractivity contribution is -0.140. The van der Waals surface area contributed by atoms with Crippen molar-refractivity contribution in [3.8, 4) is 0 Å². The summed E-state index contributed by atoms with van der Waals surface area (Å²) in [5.74, 6) is -1.14. The van der Waals surface area contributed by atoms with Gasteiger partial charge < -0.3 is 25.2 Å². The molecule has 100 valence electrons. The predicted molar refractivity (Wildman–Crippen MR) is 60.9 cm³/mol. The van der Waals surface area contributed by atoms with Crippen molar-refractivity contribution in [2.75, 3.05) is 27.4 Å². The second kappa shape index (κ2) is 8.77. The number of amides is 2. The van der Waals surface area contributed by atoms with E-state index in [2.05, 4.69) is 10.6 Å². The molecule has 0 saturated heterocycles. The number of nitrogens with one attached hydrogen (secondary N) is 2. The van der Waals surface area contributed by atoms with Crippen LogP contribution in [-0.4, -0.2) is 56.6 Å². The summed E-state index contributed by atoms with van der Waals surface area (Å²) in [6, 6.07) is -1.74. The van der Waals surface area contributed by atoms with Gasteiger partial charge >= 0.3 is 12.0 Å². The summed E-state index contributed by atoms with van der Waals surface area (Å²) in [7, 11) is 2.91. The van der Waals surface area contributed by atoms with Crippen LogP contribution in [0.5, 0.6) is 0 Å². The van der Waals surface area contributed by atoms with Crippen LogP contribution in [0.3, 0.4) is 0 Å². The van der Waals surface area contributed by atoms with Crippen LogP contribution in [0.15, 0.2) is 0 Å². The lowest BCUT2D eigenvalue weighted by atomic mass is 10.2. The number of urea groups is 1. The van der Waals surface area contributed by atoms with E-state index < -0.39 is 18.0 Å². The van der Waals surface area contributed by atoms with Crippen molar-refractivity contribution in [1.82, 2.24) is 10.6 Å². The number of aliphatic carboxylic acids is 1. The van der Waals surface area contributed by atoms with E-state index in [9.17, 15) is 9.59 Å². The van der Waals surface area contributed by atoms with Gasteiger partial charge in [-0.05, 0) is 6.42 Å². The van der Waals surface area contributed by atoms with Gasteiger partial charge in [0.2, 0.25) is 0 Å². The molecule has 0 aliphatic rings. The van der Waals surface area contributed by atoms with E-state index >= 15 is 0 Å². The molecular weight excluding hydrogens is 228 g/mol. The maximum Gasteiger partial charge on any atom is 0.328 e. The van der Waals surface area contributed by atoms with Crippen molar-refractivity contribution >= 4 is 12.0 Å². The zero-order chi connectivity index (χ0) is 13.3. The Labute approximate surface area is 100 Å². The van der Waals surface area contributed by atoms with Gasteiger partial charge in [-0.3, -0.25) is 0 Å². The first-order valence-electron chi connectivity index (χ1n) is 5.32. The average molecular weight is 248 g/mol. The molecule has 0 fully saturated rings. The molecule has 0 rings (SSSR count). The fourth-order valence-corrected chi connectivity index (χ4v) is 1.19. The third-order valence-electron chi connectivity index (χ3n) is 2.13. The first kappa shape index (κ1) is 15.7. The van der Waals surface area contributed by atoms with Crippen molar-refractivity contribution in [2.24, 2.45) is 0 Å². The molecule has 0 heterocycles. The first-order valence-corrected chi connectivity index (χ1v) is 5.32. The normalized spacial score (nSPS) is 13.8. The van der Waals surface area contributed by atoms with Crippen LogP contribution < -0.4 is 10.6 Å². The maximum absolute atomic E-state index is 11.5. The second-order valence-electron chi connectivity index (χ2n) is 3.52. The van der Waals surface area contributed by atoms with Gasteiger partial charge in [0, 0.05) is 14.2 Å². The monoisotopic (exact) mass is 248 g/mol. The molecular formula is C10H20N2O5.